The molecule has 1 heterocycles. The summed E-state index contributed by atoms with van der Waals surface area (Å²) in [6.07, 6.45) is 0.814. The van der Waals surface area contributed by atoms with Crippen LogP contribution in [0.15, 0.2) is 0 Å². The minimum Gasteiger partial charge on any atom is -0.456 e. The highest BCUT2D eigenvalue weighted by atomic mass is 19.3. The lowest BCUT2D eigenvalue weighted by Gasteiger charge is -2.35. The molecule has 1 aliphatic carbocycles. The minimum absolute atomic E-state index is 0.269. The first-order valence-electron chi connectivity index (χ1n) is 5.36. The number of carbonyl (C=O) groups excluding carboxylic acids is 1. The van der Waals surface area contributed by atoms with E-state index in [1.54, 1.807) is 7.11 Å². The molecular weight excluding hydrogens is 220 g/mol. The molecule has 0 spiro atoms. The lowest BCUT2D eigenvalue weighted by Crippen LogP contribution is -2.47. The molecule has 1 atom stereocenters. The second-order valence-corrected chi connectivity index (χ2v) is 4.37. The number of ether oxygens (including phenoxy) is 2. The van der Waals surface area contributed by atoms with Gasteiger partial charge in [0, 0.05) is 19.7 Å². The molecule has 0 bridgehead atoms. The number of nitrogens with one attached hydrogen (secondary N) is 1. The van der Waals surface area contributed by atoms with Gasteiger partial charge in [0.15, 0.2) is 0 Å². The van der Waals surface area contributed by atoms with Crippen LogP contribution in [0.1, 0.15) is 19.3 Å². The summed E-state index contributed by atoms with van der Waals surface area (Å²) in [5.41, 5.74) is 0. The summed E-state index contributed by atoms with van der Waals surface area (Å²) in [6, 6.07) is 0.290. The first kappa shape index (κ1) is 11.7. The van der Waals surface area contributed by atoms with Crippen molar-refractivity contribution in [3.05, 3.63) is 0 Å². The molecule has 1 saturated heterocycles. The first-order chi connectivity index (χ1) is 7.51. The van der Waals surface area contributed by atoms with E-state index in [9.17, 15) is 13.6 Å². The fourth-order valence-electron chi connectivity index (χ4n) is 1.99. The van der Waals surface area contributed by atoms with Crippen molar-refractivity contribution in [3.8, 4) is 0 Å². The van der Waals surface area contributed by atoms with Gasteiger partial charge in [-0.1, -0.05) is 0 Å². The topological polar surface area (TPSA) is 47.6 Å². The molecule has 16 heavy (non-hydrogen) atoms. The summed E-state index contributed by atoms with van der Waals surface area (Å²) in [5.74, 6) is -4.70. The van der Waals surface area contributed by atoms with Gasteiger partial charge in [-0.25, -0.2) is 4.79 Å². The Hall–Kier alpha value is -0.750. The van der Waals surface area contributed by atoms with Gasteiger partial charge in [0.05, 0.1) is 12.5 Å². The molecular formula is C10H15F2NO3. The molecule has 2 rings (SSSR count). The molecule has 2 aliphatic rings. The number of rotatable bonds is 4. The van der Waals surface area contributed by atoms with Crippen molar-refractivity contribution in [2.45, 2.75) is 43.4 Å². The van der Waals surface area contributed by atoms with Gasteiger partial charge in [0.25, 0.3) is 0 Å². The zero-order chi connectivity index (χ0) is 11.8. The van der Waals surface area contributed by atoms with Gasteiger partial charge in [0.1, 0.15) is 6.10 Å². The zero-order valence-electron chi connectivity index (χ0n) is 9.04. The van der Waals surface area contributed by atoms with E-state index in [1.165, 1.54) is 0 Å². The third-order valence-electron chi connectivity index (χ3n) is 3.12. The molecule has 1 N–H and O–H groups in total. The van der Waals surface area contributed by atoms with Crippen molar-refractivity contribution in [3.63, 3.8) is 0 Å². The Morgan fingerprint density at radius 1 is 1.56 bits per heavy atom. The summed E-state index contributed by atoms with van der Waals surface area (Å²) >= 11 is 0. The van der Waals surface area contributed by atoms with E-state index in [-0.39, 0.29) is 12.1 Å². The smallest absolute Gasteiger partial charge is 0.377 e. The molecule has 0 amide bonds. The van der Waals surface area contributed by atoms with Crippen molar-refractivity contribution in [1.82, 2.24) is 5.32 Å². The van der Waals surface area contributed by atoms with Crippen LogP contribution in [0.4, 0.5) is 8.78 Å². The molecule has 0 radical (unpaired) electrons. The first-order valence-corrected chi connectivity index (χ1v) is 5.36. The summed E-state index contributed by atoms with van der Waals surface area (Å²) in [4.78, 5) is 10.7. The fourth-order valence-corrected chi connectivity index (χ4v) is 1.99. The number of esters is 1. The highest BCUT2D eigenvalue weighted by Crippen LogP contribution is 2.31. The zero-order valence-corrected chi connectivity index (χ0v) is 9.04. The van der Waals surface area contributed by atoms with Gasteiger partial charge in [-0.2, -0.15) is 8.78 Å². The van der Waals surface area contributed by atoms with Crippen LogP contribution in [0.2, 0.25) is 0 Å². The van der Waals surface area contributed by atoms with Crippen LogP contribution in [0.3, 0.4) is 0 Å². The summed E-state index contributed by atoms with van der Waals surface area (Å²) in [7, 11) is 1.65. The lowest BCUT2D eigenvalue weighted by molar-refractivity contribution is -0.159. The van der Waals surface area contributed by atoms with Gasteiger partial charge in [-0.05, 0) is 12.8 Å². The summed E-state index contributed by atoms with van der Waals surface area (Å²) in [6.45, 7) is 0.294. The van der Waals surface area contributed by atoms with E-state index in [1.807, 2.05) is 0 Å². The second-order valence-electron chi connectivity index (χ2n) is 4.37. The third-order valence-corrected chi connectivity index (χ3v) is 3.12. The van der Waals surface area contributed by atoms with Crippen molar-refractivity contribution in [2.24, 2.45) is 0 Å². The predicted molar refractivity (Wildman–Crippen MR) is 51.3 cm³/mol. The number of alkyl halides is 2. The van der Waals surface area contributed by atoms with Crippen LogP contribution in [-0.2, 0) is 14.3 Å². The Kier molecular flexibility index (Phi) is 3.12. The van der Waals surface area contributed by atoms with E-state index < -0.39 is 24.4 Å². The van der Waals surface area contributed by atoms with Gasteiger partial charge in [-0.15, -0.1) is 0 Å². The van der Waals surface area contributed by atoms with Crippen molar-refractivity contribution < 1.29 is 23.0 Å². The van der Waals surface area contributed by atoms with Gasteiger partial charge >= 0.3 is 11.9 Å². The van der Waals surface area contributed by atoms with Crippen molar-refractivity contribution >= 4 is 5.97 Å². The van der Waals surface area contributed by atoms with Crippen molar-refractivity contribution in [2.75, 3.05) is 13.7 Å². The number of carbonyl (C=O) groups is 1. The van der Waals surface area contributed by atoms with Crippen LogP contribution < -0.4 is 5.32 Å². The Morgan fingerprint density at radius 3 is 2.75 bits per heavy atom. The molecule has 1 saturated carbocycles. The molecule has 1 aliphatic heterocycles. The number of methoxy groups -OCH3 is 1. The lowest BCUT2D eigenvalue weighted by atomic mass is 9.89. The average molecular weight is 235 g/mol. The Labute approximate surface area is 92.3 Å². The predicted octanol–water partition coefficient (Wildman–Crippen LogP) is 0.704. The highest BCUT2D eigenvalue weighted by Gasteiger charge is 2.50. The maximum Gasteiger partial charge on any atom is 0.377 e. The fraction of sp³-hybridized carbons (Fsp3) is 0.900. The molecule has 92 valence electrons. The largest absolute Gasteiger partial charge is 0.456 e. The van der Waals surface area contributed by atoms with Crippen molar-refractivity contribution in [1.29, 1.82) is 0 Å². The molecule has 0 aromatic heterocycles. The average Bonchev–Trinajstić information content (AvgIpc) is 2.38. The van der Waals surface area contributed by atoms with Gasteiger partial charge in [-0.3, -0.25) is 0 Å². The molecule has 0 aromatic rings. The van der Waals surface area contributed by atoms with Crippen LogP contribution in [0.25, 0.3) is 0 Å². The standard InChI is InChI=1S/C10H15F2NO3/c1-15-7-2-6(3-7)13-5-8-4-10(11,12)9(14)16-8/h6-8,13H,2-5H2,1H3. The van der Waals surface area contributed by atoms with Crippen LogP contribution in [-0.4, -0.2) is 43.8 Å². The number of cyclic esters (lactones) is 1. The maximum atomic E-state index is 12.8. The minimum atomic E-state index is -3.30. The number of halogens is 2. The van der Waals surface area contributed by atoms with E-state index in [2.05, 4.69) is 10.1 Å². The SMILES string of the molecule is COC1CC(NCC2CC(F)(F)C(=O)O2)C1. The molecule has 0 aromatic carbocycles. The maximum absolute atomic E-state index is 12.8. The number of hydrogen-bond donors (Lipinski definition) is 1. The quantitative estimate of drug-likeness (QED) is 0.729. The Morgan fingerprint density at radius 2 is 2.25 bits per heavy atom. The Balaban J connectivity index is 1.67. The summed E-state index contributed by atoms with van der Waals surface area (Å²) < 4.78 is 35.3. The highest BCUT2D eigenvalue weighted by molar-refractivity contribution is 5.79. The van der Waals surface area contributed by atoms with E-state index in [0.29, 0.717) is 6.54 Å². The molecule has 1 unspecified atom stereocenters. The normalized spacial score (nSPS) is 36.9. The number of hydrogen-bond acceptors (Lipinski definition) is 4. The second kappa shape index (κ2) is 4.25. The third kappa shape index (κ3) is 2.32. The Bertz CT molecular complexity index is 279. The van der Waals surface area contributed by atoms with Crippen LogP contribution >= 0.6 is 0 Å². The molecule has 4 nitrogen and oxygen atoms in total. The molecule has 2 fully saturated rings. The van der Waals surface area contributed by atoms with Gasteiger partial charge in [0.2, 0.25) is 0 Å². The monoisotopic (exact) mass is 235 g/mol. The van der Waals surface area contributed by atoms with E-state index in [4.69, 9.17) is 4.74 Å². The molecule has 6 heteroatoms. The van der Waals surface area contributed by atoms with Crippen LogP contribution in [0.5, 0.6) is 0 Å². The summed E-state index contributed by atoms with van der Waals surface area (Å²) in [5, 5.41) is 3.09. The van der Waals surface area contributed by atoms with Crippen LogP contribution in [0, 0.1) is 0 Å². The van der Waals surface area contributed by atoms with E-state index in [0.717, 1.165) is 12.8 Å². The van der Waals surface area contributed by atoms with Gasteiger partial charge < -0.3 is 14.8 Å². The van der Waals surface area contributed by atoms with E-state index >= 15 is 0 Å².